The molecular weight excluding hydrogens is 150 g/mol. The highest BCUT2D eigenvalue weighted by molar-refractivity contribution is 5.54. The molecular formula is C10H13NO. The van der Waals surface area contributed by atoms with E-state index in [1.165, 1.54) is 5.56 Å². The van der Waals surface area contributed by atoms with Crippen LogP contribution in [0.1, 0.15) is 18.1 Å². The summed E-state index contributed by atoms with van der Waals surface area (Å²) in [5, 5.41) is 0. The molecule has 0 bridgehead atoms. The molecule has 0 fully saturated rings. The minimum atomic E-state index is 0.712. The summed E-state index contributed by atoms with van der Waals surface area (Å²) in [7, 11) is 0. The Morgan fingerprint density at radius 1 is 1.42 bits per heavy atom. The summed E-state index contributed by atoms with van der Waals surface area (Å²) >= 11 is 0. The molecule has 0 aromatic heterocycles. The first-order valence-electron chi connectivity index (χ1n) is 3.84. The van der Waals surface area contributed by atoms with E-state index in [0.717, 1.165) is 5.56 Å². The summed E-state index contributed by atoms with van der Waals surface area (Å²) in [6.07, 6.45) is 1.91. The first kappa shape index (κ1) is 8.81. The van der Waals surface area contributed by atoms with Crippen LogP contribution in [0.4, 0.5) is 0 Å². The summed E-state index contributed by atoms with van der Waals surface area (Å²) in [4.78, 5) is 4.57. The van der Waals surface area contributed by atoms with Crippen LogP contribution in [0.5, 0.6) is 0 Å². The number of benzene rings is 1. The minimum absolute atomic E-state index is 0.712. The van der Waals surface area contributed by atoms with Crippen molar-refractivity contribution < 1.29 is 4.84 Å². The van der Waals surface area contributed by atoms with Crippen LogP contribution >= 0.6 is 0 Å². The van der Waals surface area contributed by atoms with Gasteiger partial charge in [0.1, 0.15) is 5.76 Å². The van der Waals surface area contributed by atoms with Gasteiger partial charge in [-0.15, -0.1) is 0 Å². The molecule has 1 rings (SSSR count). The van der Waals surface area contributed by atoms with Crippen LogP contribution in [-0.4, -0.2) is 0 Å². The highest BCUT2D eigenvalue weighted by Crippen LogP contribution is 2.11. The monoisotopic (exact) mass is 163 g/mol. The quantitative estimate of drug-likeness (QED) is 0.536. The van der Waals surface area contributed by atoms with Crippen molar-refractivity contribution >= 4 is 6.08 Å². The zero-order chi connectivity index (χ0) is 8.97. The molecule has 0 aliphatic carbocycles. The minimum Gasteiger partial charge on any atom is -0.416 e. The van der Waals surface area contributed by atoms with E-state index in [1.807, 2.05) is 31.2 Å². The van der Waals surface area contributed by atoms with Gasteiger partial charge in [-0.3, -0.25) is 0 Å². The standard InChI is InChI=1S/C10H13NO/c1-8-5-3-4-6-10(8)7-9(2)12-11/h3-7H,11H2,1-2H3/b9-7+. The second kappa shape index (κ2) is 3.93. The number of nitrogens with two attached hydrogens (primary N) is 1. The molecule has 0 spiro atoms. The Bertz CT molecular complexity index is 292. The summed E-state index contributed by atoms with van der Waals surface area (Å²) in [5.74, 6) is 5.71. The van der Waals surface area contributed by atoms with Crippen LogP contribution in [0.3, 0.4) is 0 Å². The average Bonchev–Trinajstić information content (AvgIpc) is 2.09. The Balaban J connectivity index is 2.96. The van der Waals surface area contributed by atoms with Crippen LogP contribution in [0, 0.1) is 6.92 Å². The van der Waals surface area contributed by atoms with E-state index in [2.05, 4.69) is 17.8 Å². The van der Waals surface area contributed by atoms with Crippen LogP contribution < -0.4 is 5.90 Å². The average molecular weight is 163 g/mol. The third-order valence-corrected chi connectivity index (χ3v) is 1.73. The van der Waals surface area contributed by atoms with Crippen molar-refractivity contribution in [3.63, 3.8) is 0 Å². The Labute approximate surface area is 72.6 Å². The Morgan fingerprint density at radius 3 is 2.67 bits per heavy atom. The van der Waals surface area contributed by atoms with Gasteiger partial charge in [0.25, 0.3) is 0 Å². The first-order valence-corrected chi connectivity index (χ1v) is 3.84. The number of aryl methyl sites for hydroxylation is 1. The molecule has 64 valence electrons. The molecule has 2 nitrogen and oxygen atoms in total. The molecule has 12 heavy (non-hydrogen) atoms. The highest BCUT2D eigenvalue weighted by Gasteiger charge is 1.93. The van der Waals surface area contributed by atoms with Gasteiger partial charge in [0, 0.05) is 0 Å². The zero-order valence-corrected chi connectivity index (χ0v) is 7.37. The van der Waals surface area contributed by atoms with Crippen molar-refractivity contribution in [1.82, 2.24) is 0 Å². The van der Waals surface area contributed by atoms with Gasteiger partial charge in [-0.05, 0) is 31.1 Å². The Kier molecular flexibility index (Phi) is 2.88. The van der Waals surface area contributed by atoms with E-state index in [4.69, 9.17) is 5.90 Å². The van der Waals surface area contributed by atoms with Gasteiger partial charge in [0.15, 0.2) is 0 Å². The molecule has 1 aromatic carbocycles. The van der Waals surface area contributed by atoms with E-state index < -0.39 is 0 Å². The molecule has 2 heteroatoms. The summed E-state index contributed by atoms with van der Waals surface area (Å²) < 4.78 is 0. The number of rotatable bonds is 2. The van der Waals surface area contributed by atoms with Crippen molar-refractivity contribution in [2.75, 3.05) is 0 Å². The van der Waals surface area contributed by atoms with Gasteiger partial charge >= 0.3 is 0 Å². The highest BCUT2D eigenvalue weighted by atomic mass is 16.6. The largest absolute Gasteiger partial charge is 0.416 e. The predicted octanol–water partition coefficient (Wildman–Crippen LogP) is 2.25. The Hall–Kier alpha value is -1.28. The molecule has 0 atom stereocenters. The summed E-state index contributed by atoms with van der Waals surface area (Å²) in [6.45, 7) is 3.88. The van der Waals surface area contributed by atoms with Gasteiger partial charge in [0.2, 0.25) is 0 Å². The molecule has 0 amide bonds. The van der Waals surface area contributed by atoms with Crippen molar-refractivity contribution in [2.45, 2.75) is 13.8 Å². The number of hydrogen-bond donors (Lipinski definition) is 1. The normalized spacial score (nSPS) is 11.4. The second-order valence-corrected chi connectivity index (χ2v) is 2.73. The Morgan fingerprint density at radius 2 is 2.08 bits per heavy atom. The van der Waals surface area contributed by atoms with Gasteiger partial charge in [0.05, 0.1) is 0 Å². The van der Waals surface area contributed by atoms with Crippen LogP contribution in [-0.2, 0) is 4.84 Å². The third kappa shape index (κ3) is 2.10. The lowest BCUT2D eigenvalue weighted by Gasteiger charge is -2.00. The SMILES string of the molecule is C/C(=C\c1ccccc1C)ON. The van der Waals surface area contributed by atoms with Crippen LogP contribution in [0.15, 0.2) is 30.0 Å². The fourth-order valence-electron chi connectivity index (χ4n) is 1.00. The first-order chi connectivity index (χ1) is 5.74. The van der Waals surface area contributed by atoms with E-state index in [9.17, 15) is 0 Å². The molecule has 0 saturated carbocycles. The zero-order valence-electron chi connectivity index (χ0n) is 7.37. The molecule has 0 heterocycles. The molecule has 0 saturated heterocycles. The molecule has 0 aliphatic heterocycles. The topological polar surface area (TPSA) is 35.2 Å². The summed E-state index contributed by atoms with van der Waals surface area (Å²) in [5.41, 5.74) is 2.36. The lowest BCUT2D eigenvalue weighted by Crippen LogP contribution is -1.95. The maximum absolute atomic E-state index is 5.00. The van der Waals surface area contributed by atoms with Gasteiger partial charge in [-0.1, -0.05) is 24.3 Å². The maximum atomic E-state index is 5.00. The molecule has 1 aromatic rings. The lowest BCUT2D eigenvalue weighted by molar-refractivity contribution is 0.226. The molecule has 0 unspecified atom stereocenters. The molecule has 2 N–H and O–H groups in total. The second-order valence-electron chi connectivity index (χ2n) is 2.73. The molecule has 0 radical (unpaired) electrons. The number of hydrogen-bond acceptors (Lipinski definition) is 2. The van der Waals surface area contributed by atoms with Gasteiger partial charge < -0.3 is 4.84 Å². The fraction of sp³-hybridized carbons (Fsp3) is 0.200. The van der Waals surface area contributed by atoms with Gasteiger partial charge in [-0.2, -0.15) is 5.90 Å². The predicted molar refractivity (Wildman–Crippen MR) is 50.1 cm³/mol. The van der Waals surface area contributed by atoms with Crippen LogP contribution in [0.2, 0.25) is 0 Å². The number of allylic oxidation sites excluding steroid dienone is 1. The van der Waals surface area contributed by atoms with E-state index in [-0.39, 0.29) is 0 Å². The van der Waals surface area contributed by atoms with Crippen LogP contribution in [0.25, 0.3) is 6.08 Å². The van der Waals surface area contributed by atoms with E-state index in [0.29, 0.717) is 5.76 Å². The van der Waals surface area contributed by atoms with Crippen molar-refractivity contribution in [1.29, 1.82) is 0 Å². The van der Waals surface area contributed by atoms with E-state index in [1.54, 1.807) is 0 Å². The maximum Gasteiger partial charge on any atom is 0.121 e. The van der Waals surface area contributed by atoms with Crippen molar-refractivity contribution in [3.05, 3.63) is 41.2 Å². The van der Waals surface area contributed by atoms with Crippen molar-refractivity contribution in [2.24, 2.45) is 5.90 Å². The van der Waals surface area contributed by atoms with E-state index >= 15 is 0 Å². The van der Waals surface area contributed by atoms with Gasteiger partial charge in [-0.25, -0.2) is 0 Å². The molecule has 0 aliphatic rings. The summed E-state index contributed by atoms with van der Waals surface area (Å²) in [6, 6.07) is 8.07. The lowest BCUT2D eigenvalue weighted by atomic mass is 10.1. The fourth-order valence-corrected chi connectivity index (χ4v) is 1.00. The smallest absolute Gasteiger partial charge is 0.121 e. The van der Waals surface area contributed by atoms with Crippen molar-refractivity contribution in [3.8, 4) is 0 Å². The third-order valence-electron chi connectivity index (χ3n) is 1.73.